The second kappa shape index (κ2) is 5.83. The van der Waals surface area contributed by atoms with Gasteiger partial charge < -0.3 is 13.6 Å². The Hall–Kier alpha value is -2.21. The molecule has 0 saturated heterocycles. The summed E-state index contributed by atoms with van der Waals surface area (Å²) in [6.07, 6.45) is 1.57. The van der Waals surface area contributed by atoms with Crippen LogP contribution in [0.2, 0.25) is 0 Å². The fourth-order valence-corrected chi connectivity index (χ4v) is 2.38. The van der Waals surface area contributed by atoms with Gasteiger partial charge in [-0.15, -0.1) is 10.2 Å². The fraction of sp³-hybridized carbons (Fsp3) is 0.143. The average Bonchev–Trinajstić information content (AvgIpc) is 3.16. The molecule has 2 aromatic heterocycles. The van der Waals surface area contributed by atoms with Crippen LogP contribution in [0.15, 0.2) is 56.7 Å². The number of hydrogen-bond acceptors (Lipinski definition) is 6. The highest BCUT2D eigenvalue weighted by Gasteiger charge is 2.11. The first-order chi connectivity index (χ1) is 9.85. The lowest BCUT2D eigenvalue weighted by atomic mass is 10.2. The van der Waals surface area contributed by atoms with Crippen LogP contribution in [0.5, 0.6) is 5.75 Å². The highest BCUT2D eigenvalue weighted by atomic mass is 32.2. The van der Waals surface area contributed by atoms with Crippen molar-refractivity contribution in [2.75, 3.05) is 7.11 Å². The number of thioether (sulfide) groups is 1. The van der Waals surface area contributed by atoms with Crippen molar-refractivity contribution in [1.82, 2.24) is 10.2 Å². The largest absolute Gasteiger partial charge is 0.497 e. The molecular weight excluding hydrogens is 276 g/mol. The molecule has 0 saturated carbocycles. The molecule has 0 aliphatic heterocycles. The van der Waals surface area contributed by atoms with Gasteiger partial charge in [-0.05, 0) is 29.8 Å². The summed E-state index contributed by atoms with van der Waals surface area (Å²) in [5.41, 5.74) is 1.13. The van der Waals surface area contributed by atoms with Gasteiger partial charge in [-0.3, -0.25) is 0 Å². The molecule has 3 aromatic rings. The maximum absolute atomic E-state index is 5.52. The topological polar surface area (TPSA) is 61.3 Å². The standard InChI is InChI=1S/C14H12N2O3S/c1-17-11-5-2-4-10(8-11)9-20-14-16-15-13(19-14)12-6-3-7-18-12/h2-8H,9H2,1H3. The van der Waals surface area contributed by atoms with E-state index in [1.165, 1.54) is 11.8 Å². The zero-order chi connectivity index (χ0) is 13.8. The Labute approximate surface area is 120 Å². The lowest BCUT2D eigenvalue weighted by Crippen LogP contribution is -1.85. The van der Waals surface area contributed by atoms with Crippen molar-refractivity contribution in [3.8, 4) is 17.4 Å². The summed E-state index contributed by atoms with van der Waals surface area (Å²) in [7, 11) is 1.65. The maximum atomic E-state index is 5.52. The van der Waals surface area contributed by atoms with Gasteiger partial charge in [0.25, 0.3) is 11.1 Å². The molecule has 0 radical (unpaired) electrons. The maximum Gasteiger partial charge on any atom is 0.284 e. The summed E-state index contributed by atoms with van der Waals surface area (Å²) in [5, 5.41) is 8.45. The van der Waals surface area contributed by atoms with Crippen LogP contribution in [0, 0.1) is 0 Å². The van der Waals surface area contributed by atoms with E-state index in [1.807, 2.05) is 24.3 Å². The number of hydrogen-bond donors (Lipinski definition) is 0. The van der Waals surface area contributed by atoms with Crippen LogP contribution in [0.1, 0.15) is 5.56 Å². The van der Waals surface area contributed by atoms with Crippen LogP contribution in [-0.2, 0) is 5.75 Å². The Morgan fingerprint density at radius 3 is 2.95 bits per heavy atom. The van der Waals surface area contributed by atoms with Crippen molar-refractivity contribution >= 4 is 11.8 Å². The van der Waals surface area contributed by atoms with Crippen molar-refractivity contribution < 1.29 is 13.6 Å². The van der Waals surface area contributed by atoms with Crippen LogP contribution in [-0.4, -0.2) is 17.3 Å². The first-order valence-electron chi connectivity index (χ1n) is 5.98. The Morgan fingerprint density at radius 2 is 2.15 bits per heavy atom. The normalized spacial score (nSPS) is 10.7. The predicted molar refractivity (Wildman–Crippen MR) is 74.6 cm³/mol. The molecule has 3 rings (SSSR count). The highest BCUT2D eigenvalue weighted by molar-refractivity contribution is 7.98. The number of aromatic nitrogens is 2. The molecule has 2 heterocycles. The summed E-state index contributed by atoms with van der Waals surface area (Å²) in [5.74, 6) is 2.54. The van der Waals surface area contributed by atoms with E-state index in [0.29, 0.717) is 16.9 Å². The minimum atomic E-state index is 0.392. The van der Waals surface area contributed by atoms with Gasteiger partial charge in [0.2, 0.25) is 0 Å². The molecule has 102 valence electrons. The van der Waals surface area contributed by atoms with Gasteiger partial charge in [-0.1, -0.05) is 23.9 Å². The summed E-state index contributed by atoms with van der Waals surface area (Å²) < 4.78 is 15.9. The van der Waals surface area contributed by atoms with E-state index in [1.54, 1.807) is 25.5 Å². The molecule has 0 fully saturated rings. The molecule has 0 N–H and O–H groups in total. The number of benzene rings is 1. The number of ether oxygens (including phenoxy) is 1. The van der Waals surface area contributed by atoms with Crippen molar-refractivity contribution in [2.24, 2.45) is 0 Å². The van der Waals surface area contributed by atoms with Gasteiger partial charge in [0.15, 0.2) is 5.76 Å². The zero-order valence-corrected chi connectivity index (χ0v) is 11.6. The molecule has 0 aliphatic rings. The first-order valence-corrected chi connectivity index (χ1v) is 6.97. The van der Waals surface area contributed by atoms with Crippen LogP contribution >= 0.6 is 11.8 Å². The van der Waals surface area contributed by atoms with Gasteiger partial charge >= 0.3 is 0 Å². The number of methoxy groups -OCH3 is 1. The van der Waals surface area contributed by atoms with Crippen molar-refractivity contribution in [3.05, 3.63) is 48.2 Å². The third kappa shape index (κ3) is 2.85. The van der Waals surface area contributed by atoms with Gasteiger partial charge in [-0.25, -0.2) is 0 Å². The molecule has 0 bridgehead atoms. The third-order valence-corrected chi connectivity index (χ3v) is 3.52. The SMILES string of the molecule is COc1cccc(CSc2nnc(-c3ccco3)o2)c1. The number of nitrogens with zero attached hydrogens (tertiary/aromatic N) is 2. The minimum Gasteiger partial charge on any atom is -0.497 e. The summed E-state index contributed by atoms with van der Waals surface area (Å²) >= 11 is 1.47. The summed E-state index contributed by atoms with van der Waals surface area (Å²) in [4.78, 5) is 0. The fourth-order valence-electron chi connectivity index (χ4n) is 1.68. The summed E-state index contributed by atoms with van der Waals surface area (Å²) in [6, 6.07) is 11.4. The van der Waals surface area contributed by atoms with Crippen LogP contribution < -0.4 is 4.74 Å². The number of rotatable bonds is 5. The Balaban J connectivity index is 1.66. The molecule has 5 nitrogen and oxygen atoms in total. The smallest absolute Gasteiger partial charge is 0.284 e. The second-order valence-corrected chi connectivity index (χ2v) is 4.92. The molecule has 1 aromatic carbocycles. The Bertz CT molecular complexity index is 679. The van der Waals surface area contributed by atoms with Crippen molar-refractivity contribution in [3.63, 3.8) is 0 Å². The molecule has 20 heavy (non-hydrogen) atoms. The molecule has 0 aliphatic carbocycles. The zero-order valence-electron chi connectivity index (χ0n) is 10.8. The lowest BCUT2D eigenvalue weighted by molar-refractivity contribution is 0.414. The molecule has 0 amide bonds. The van der Waals surface area contributed by atoms with E-state index in [0.717, 1.165) is 17.1 Å². The molecule has 0 atom stereocenters. The predicted octanol–water partition coefficient (Wildman–Crippen LogP) is 3.63. The van der Waals surface area contributed by atoms with Crippen molar-refractivity contribution in [2.45, 2.75) is 11.0 Å². The quantitative estimate of drug-likeness (QED) is 0.668. The van der Waals surface area contributed by atoms with E-state index >= 15 is 0 Å². The third-order valence-electron chi connectivity index (χ3n) is 2.63. The van der Waals surface area contributed by atoms with Crippen molar-refractivity contribution in [1.29, 1.82) is 0 Å². The van der Waals surface area contributed by atoms with E-state index in [-0.39, 0.29) is 0 Å². The van der Waals surface area contributed by atoms with Gasteiger partial charge in [-0.2, -0.15) is 0 Å². The van der Waals surface area contributed by atoms with Crippen LogP contribution in [0.25, 0.3) is 11.7 Å². The molecule has 0 spiro atoms. The first kappa shape index (κ1) is 12.8. The van der Waals surface area contributed by atoms with E-state index in [2.05, 4.69) is 10.2 Å². The van der Waals surface area contributed by atoms with Gasteiger partial charge in [0, 0.05) is 5.75 Å². The van der Waals surface area contributed by atoms with Gasteiger partial charge in [0.1, 0.15) is 5.75 Å². The minimum absolute atomic E-state index is 0.392. The second-order valence-electron chi connectivity index (χ2n) is 3.99. The Kier molecular flexibility index (Phi) is 3.73. The van der Waals surface area contributed by atoms with E-state index in [9.17, 15) is 0 Å². The number of furan rings is 1. The molecule has 6 heteroatoms. The molecule has 0 unspecified atom stereocenters. The van der Waals surface area contributed by atoms with E-state index in [4.69, 9.17) is 13.6 Å². The Morgan fingerprint density at radius 1 is 1.20 bits per heavy atom. The average molecular weight is 288 g/mol. The monoisotopic (exact) mass is 288 g/mol. The van der Waals surface area contributed by atoms with Crippen LogP contribution in [0.3, 0.4) is 0 Å². The molecular formula is C14H12N2O3S. The van der Waals surface area contributed by atoms with Crippen LogP contribution in [0.4, 0.5) is 0 Å². The van der Waals surface area contributed by atoms with E-state index < -0.39 is 0 Å². The lowest BCUT2D eigenvalue weighted by Gasteiger charge is -2.02. The van der Waals surface area contributed by atoms with Gasteiger partial charge in [0.05, 0.1) is 13.4 Å². The summed E-state index contributed by atoms with van der Waals surface area (Å²) in [6.45, 7) is 0. The highest BCUT2D eigenvalue weighted by Crippen LogP contribution is 2.26.